The molecule has 0 atom stereocenters. The summed E-state index contributed by atoms with van der Waals surface area (Å²) in [7, 11) is -2.00. The van der Waals surface area contributed by atoms with Crippen LogP contribution in [0.1, 0.15) is 16.7 Å². The number of non-ortho nitro benzene ring substituents is 1. The van der Waals surface area contributed by atoms with E-state index < -0.39 is 14.9 Å². The molecule has 11 nitrogen and oxygen atoms in total. The molecule has 1 aliphatic carbocycles. The van der Waals surface area contributed by atoms with Gasteiger partial charge < -0.3 is 15.5 Å². The average molecular weight is 620 g/mol. The minimum Gasteiger partial charge on any atom is -0.368 e. The van der Waals surface area contributed by atoms with Gasteiger partial charge in [0.15, 0.2) is 0 Å². The summed E-state index contributed by atoms with van der Waals surface area (Å²) in [5.74, 6) is 1.07. The van der Waals surface area contributed by atoms with Crippen LogP contribution in [0.4, 0.5) is 23.1 Å². The average Bonchev–Trinajstić information content (AvgIpc) is 3.00. The van der Waals surface area contributed by atoms with Gasteiger partial charge in [0.2, 0.25) is 5.95 Å². The molecule has 1 aliphatic heterocycles. The molecule has 2 heterocycles. The number of rotatable bonds is 7. The van der Waals surface area contributed by atoms with E-state index in [0.29, 0.717) is 23.6 Å². The summed E-state index contributed by atoms with van der Waals surface area (Å²) in [6, 6.07) is 17.4. The van der Waals surface area contributed by atoms with Crippen molar-refractivity contribution < 1.29 is 13.3 Å². The monoisotopic (exact) mass is 619 g/mol. The van der Waals surface area contributed by atoms with Crippen LogP contribution in [0.15, 0.2) is 71.6 Å². The first kappa shape index (κ1) is 28.8. The maximum absolute atomic E-state index is 14.0. The van der Waals surface area contributed by atoms with Gasteiger partial charge >= 0.3 is 0 Å². The second-order valence-corrected chi connectivity index (χ2v) is 13.1. The molecule has 1 saturated heterocycles. The molecule has 4 aromatic rings. The minimum absolute atomic E-state index is 0.0362. The van der Waals surface area contributed by atoms with Crippen molar-refractivity contribution in [2.75, 3.05) is 48.2 Å². The fourth-order valence-electron chi connectivity index (χ4n) is 5.59. The number of benzene rings is 3. The maximum atomic E-state index is 14.0. The molecule has 6 rings (SSSR count). The van der Waals surface area contributed by atoms with Crippen molar-refractivity contribution in [3.8, 4) is 11.3 Å². The molecule has 1 aromatic heterocycles. The lowest BCUT2D eigenvalue weighted by Gasteiger charge is -2.35. The molecule has 43 heavy (non-hydrogen) atoms. The first-order valence-corrected chi connectivity index (χ1v) is 15.7. The van der Waals surface area contributed by atoms with Crippen molar-refractivity contribution in [3.63, 3.8) is 0 Å². The maximum Gasteiger partial charge on any atom is 0.269 e. The predicted octanol–water partition coefficient (Wildman–Crippen LogP) is 4.53. The third-order valence-electron chi connectivity index (χ3n) is 7.96. The van der Waals surface area contributed by atoms with E-state index in [1.165, 1.54) is 28.6 Å². The number of anilines is 3. The number of nitro benzene ring substituents is 1. The van der Waals surface area contributed by atoms with Gasteiger partial charge in [0.05, 0.1) is 27.7 Å². The van der Waals surface area contributed by atoms with Gasteiger partial charge in [-0.1, -0.05) is 29.8 Å². The van der Waals surface area contributed by atoms with Crippen molar-refractivity contribution in [2.24, 2.45) is 0 Å². The number of piperazine rings is 1. The Morgan fingerprint density at radius 3 is 2.35 bits per heavy atom. The van der Waals surface area contributed by atoms with E-state index in [2.05, 4.69) is 26.8 Å². The Balaban J connectivity index is 1.40. The van der Waals surface area contributed by atoms with Crippen LogP contribution >= 0.6 is 11.6 Å². The van der Waals surface area contributed by atoms with Gasteiger partial charge in [0.25, 0.3) is 15.7 Å². The molecule has 2 aliphatic rings. The third-order valence-corrected chi connectivity index (χ3v) is 10.00. The Bertz CT molecular complexity index is 1790. The SMILES string of the molecule is CN1CCN(c2nc(N)nc3c2CCc2cc(N(Cc4ccc(Cl)cc4)S(=O)(=O)c4ccc([N+](=O)[O-])cc4)ccc2-3)CC1. The van der Waals surface area contributed by atoms with E-state index in [4.69, 9.17) is 17.3 Å². The van der Waals surface area contributed by atoms with Crippen LogP contribution in [-0.2, 0) is 29.4 Å². The van der Waals surface area contributed by atoms with Gasteiger partial charge in [0.1, 0.15) is 5.82 Å². The lowest BCUT2D eigenvalue weighted by Crippen LogP contribution is -2.45. The topological polar surface area (TPSA) is 139 Å². The standard InChI is InChI=1S/C30H30ClN7O4S/c1-35-14-16-36(17-15-35)29-27-12-4-21-18-24(9-13-26(21)28(27)33-30(32)34-29)37(19-20-2-5-22(31)6-3-20)43(41,42)25-10-7-23(8-11-25)38(39)40/h2-3,5-11,13,18H,4,12,14-17,19H2,1H3,(H2,32,33,34). The van der Waals surface area contributed by atoms with Gasteiger partial charge in [0, 0.05) is 54.5 Å². The number of sulfonamides is 1. The molecular formula is C30H30ClN7O4S. The summed E-state index contributed by atoms with van der Waals surface area (Å²) < 4.78 is 29.4. The zero-order chi connectivity index (χ0) is 30.3. The second kappa shape index (κ2) is 11.4. The molecule has 0 spiro atoms. The Morgan fingerprint density at radius 1 is 0.977 bits per heavy atom. The second-order valence-electron chi connectivity index (χ2n) is 10.8. The highest BCUT2D eigenvalue weighted by Crippen LogP contribution is 2.40. The zero-order valence-corrected chi connectivity index (χ0v) is 25.1. The summed E-state index contributed by atoms with van der Waals surface area (Å²) in [5, 5.41) is 11.7. The van der Waals surface area contributed by atoms with Crippen molar-refractivity contribution in [1.29, 1.82) is 0 Å². The number of nitrogen functional groups attached to an aromatic ring is 1. The number of hydrogen-bond donors (Lipinski definition) is 1. The van der Waals surface area contributed by atoms with Crippen LogP contribution < -0.4 is 14.9 Å². The molecule has 3 aromatic carbocycles. The van der Waals surface area contributed by atoms with Gasteiger partial charge in [-0.25, -0.2) is 13.4 Å². The van der Waals surface area contributed by atoms with E-state index in [1.807, 2.05) is 12.1 Å². The largest absolute Gasteiger partial charge is 0.368 e. The zero-order valence-electron chi connectivity index (χ0n) is 23.5. The normalized spacial score (nSPS) is 15.1. The fraction of sp³-hybridized carbons (Fsp3) is 0.267. The summed E-state index contributed by atoms with van der Waals surface area (Å²) in [5.41, 5.74) is 10.9. The van der Waals surface area contributed by atoms with E-state index in [-0.39, 0.29) is 23.1 Å². The number of aromatic nitrogens is 2. The van der Waals surface area contributed by atoms with Crippen molar-refractivity contribution in [1.82, 2.24) is 14.9 Å². The first-order chi connectivity index (χ1) is 20.6. The summed E-state index contributed by atoms with van der Waals surface area (Å²) in [6.45, 7) is 3.61. The lowest BCUT2D eigenvalue weighted by atomic mass is 9.88. The first-order valence-electron chi connectivity index (χ1n) is 13.8. The van der Waals surface area contributed by atoms with E-state index in [0.717, 1.165) is 59.9 Å². The van der Waals surface area contributed by atoms with Gasteiger partial charge in [-0.3, -0.25) is 14.4 Å². The van der Waals surface area contributed by atoms with E-state index >= 15 is 0 Å². The minimum atomic E-state index is -4.10. The van der Waals surface area contributed by atoms with Crippen LogP contribution in [0.5, 0.6) is 0 Å². The highest BCUT2D eigenvalue weighted by Gasteiger charge is 2.30. The van der Waals surface area contributed by atoms with Gasteiger partial charge in [-0.15, -0.1) is 0 Å². The summed E-state index contributed by atoms with van der Waals surface area (Å²) >= 11 is 6.08. The molecule has 0 radical (unpaired) electrons. The molecule has 13 heteroatoms. The van der Waals surface area contributed by atoms with Gasteiger partial charge in [-0.05, 0) is 67.4 Å². The lowest BCUT2D eigenvalue weighted by molar-refractivity contribution is -0.384. The predicted molar refractivity (Wildman–Crippen MR) is 167 cm³/mol. The highest BCUT2D eigenvalue weighted by molar-refractivity contribution is 7.92. The fourth-order valence-corrected chi connectivity index (χ4v) is 7.16. The van der Waals surface area contributed by atoms with Crippen LogP contribution in [-0.4, -0.2) is 61.4 Å². The molecule has 0 amide bonds. The molecule has 222 valence electrons. The summed E-state index contributed by atoms with van der Waals surface area (Å²) in [4.78, 5) is 24.4. The number of aryl methyl sites for hydroxylation is 1. The van der Waals surface area contributed by atoms with Gasteiger partial charge in [-0.2, -0.15) is 4.98 Å². The quantitative estimate of drug-likeness (QED) is 0.233. The van der Waals surface area contributed by atoms with E-state index in [9.17, 15) is 18.5 Å². The molecule has 0 saturated carbocycles. The molecule has 0 bridgehead atoms. The number of hydrogen-bond acceptors (Lipinski definition) is 9. The molecule has 2 N–H and O–H groups in total. The number of halogens is 1. The van der Waals surface area contributed by atoms with Crippen molar-refractivity contribution >= 4 is 44.8 Å². The number of nitrogens with zero attached hydrogens (tertiary/aromatic N) is 6. The summed E-state index contributed by atoms with van der Waals surface area (Å²) in [6.07, 6.45) is 1.37. The molecule has 0 unspecified atom stereocenters. The van der Waals surface area contributed by atoms with Crippen LogP contribution in [0, 0.1) is 10.1 Å². The van der Waals surface area contributed by atoms with E-state index in [1.54, 1.807) is 30.3 Å². The number of nitrogens with two attached hydrogens (primary N) is 1. The highest BCUT2D eigenvalue weighted by atomic mass is 35.5. The molecule has 1 fully saturated rings. The number of likely N-dealkylation sites (N-methyl/N-ethyl adjacent to an activating group) is 1. The molecular weight excluding hydrogens is 590 g/mol. The van der Waals surface area contributed by atoms with Crippen molar-refractivity contribution in [2.45, 2.75) is 24.3 Å². The van der Waals surface area contributed by atoms with Crippen LogP contribution in [0.3, 0.4) is 0 Å². The Kier molecular flexibility index (Phi) is 7.67. The Hall–Kier alpha value is -4.26. The Labute approximate surface area is 254 Å². The van der Waals surface area contributed by atoms with Crippen LogP contribution in [0.2, 0.25) is 5.02 Å². The number of fused-ring (bicyclic) bond motifs is 3. The number of nitro groups is 1. The Morgan fingerprint density at radius 2 is 1.67 bits per heavy atom. The van der Waals surface area contributed by atoms with Crippen molar-refractivity contribution in [3.05, 3.63) is 98.6 Å². The third kappa shape index (κ3) is 5.73. The van der Waals surface area contributed by atoms with Crippen LogP contribution in [0.25, 0.3) is 11.3 Å². The smallest absolute Gasteiger partial charge is 0.269 e.